The molecule has 4 aliphatic carbocycles. The van der Waals surface area contributed by atoms with E-state index in [-0.39, 0.29) is 22.5 Å². The van der Waals surface area contributed by atoms with Crippen LogP contribution in [0.3, 0.4) is 0 Å². The fourth-order valence-electron chi connectivity index (χ4n) is 8.59. The Morgan fingerprint density at radius 1 is 1.03 bits per heavy atom. The molecule has 188 valence electrons. The number of ether oxygens (including phenoxy) is 1. The second-order valence-corrected chi connectivity index (χ2v) is 18.7. The Hall–Kier alpha value is -0.613. The second-order valence-electron chi connectivity index (χ2n) is 14.0. The minimum absolute atomic E-state index is 0.000467. The minimum Gasteiger partial charge on any atom is -0.458 e. The number of allylic oxidation sites excluding steroid dienone is 1. The molecule has 0 aromatic rings. The zero-order valence-corrected chi connectivity index (χ0v) is 23.9. The molecule has 0 amide bonds. The summed E-state index contributed by atoms with van der Waals surface area (Å²) in [4.78, 5) is 11.8. The fraction of sp³-hybridized carbons (Fsp3) is 0.897. The van der Waals surface area contributed by atoms with Crippen molar-refractivity contribution < 1.29 is 14.0 Å². The zero-order valence-electron chi connectivity index (χ0n) is 22.9. The largest absolute Gasteiger partial charge is 0.458 e. The SMILES string of the molecule is C/C=C1/[C@@H](OC(C)=O)C[C@H]2[C@@H]3CC[C@H]4C[C@@H](O[Si](C)(C)C(C)(C)C)CC[C@]4(C)[C@H]3CC[C@]12C. The molecule has 33 heavy (non-hydrogen) atoms. The van der Waals surface area contributed by atoms with Crippen molar-refractivity contribution in [2.75, 3.05) is 0 Å². The van der Waals surface area contributed by atoms with Crippen LogP contribution in [0.2, 0.25) is 18.1 Å². The van der Waals surface area contributed by atoms with Crippen LogP contribution in [0.1, 0.15) is 99.8 Å². The zero-order chi connectivity index (χ0) is 24.4. The Kier molecular flexibility index (Phi) is 6.56. The monoisotopic (exact) mass is 474 g/mol. The summed E-state index contributed by atoms with van der Waals surface area (Å²) in [6.07, 6.45) is 12.9. The molecule has 4 aliphatic rings. The van der Waals surface area contributed by atoms with Crippen LogP contribution in [0.15, 0.2) is 11.6 Å². The van der Waals surface area contributed by atoms with Crippen LogP contribution in [0.4, 0.5) is 0 Å². The molecule has 0 unspecified atom stereocenters. The first-order valence-electron chi connectivity index (χ1n) is 13.7. The number of esters is 1. The number of carbonyl (C=O) groups excluding carboxylic acids is 1. The predicted octanol–water partition coefficient (Wildman–Crippen LogP) is 7.91. The lowest BCUT2D eigenvalue weighted by Gasteiger charge is -2.61. The van der Waals surface area contributed by atoms with Gasteiger partial charge in [-0.3, -0.25) is 4.79 Å². The molecule has 0 saturated heterocycles. The van der Waals surface area contributed by atoms with Gasteiger partial charge in [0.05, 0.1) is 0 Å². The van der Waals surface area contributed by atoms with E-state index in [1.807, 2.05) is 0 Å². The molecule has 0 heterocycles. The Labute approximate surface area is 204 Å². The lowest BCUT2D eigenvalue weighted by molar-refractivity contribution is -0.145. The summed E-state index contributed by atoms with van der Waals surface area (Å²) in [5, 5.41) is 0.282. The van der Waals surface area contributed by atoms with E-state index in [2.05, 4.69) is 60.7 Å². The van der Waals surface area contributed by atoms with E-state index < -0.39 is 8.32 Å². The van der Waals surface area contributed by atoms with Crippen molar-refractivity contribution in [3.05, 3.63) is 11.6 Å². The lowest BCUT2D eigenvalue weighted by atomic mass is 9.45. The molecule has 8 atom stereocenters. The molecule has 4 saturated carbocycles. The summed E-state index contributed by atoms with van der Waals surface area (Å²) in [6, 6.07) is 0. The predicted molar refractivity (Wildman–Crippen MR) is 138 cm³/mol. The first-order chi connectivity index (χ1) is 15.2. The van der Waals surface area contributed by atoms with E-state index >= 15 is 0 Å². The molecule has 0 aromatic carbocycles. The van der Waals surface area contributed by atoms with Gasteiger partial charge in [-0.1, -0.05) is 40.7 Å². The van der Waals surface area contributed by atoms with Crippen LogP contribution in [0.25, 0.3) is 0 Å². The van der Waals surface area contributed by atoms with Crippen molar-refractivity contribution in [3.8, 4) is 0 Å². The van der Waals surface area contributed by atoms with Gasteiger partial charge in [0, 0.05) is 13.0 Å². The smallest absolute Gasteiger partial charge is 0.303 e. The summed E-state index contributed by atoms with van der Waals surface area (Å²) in [5.41, 5.74) is 2.06. The molecule has 0 aromatic heterocycles. The van der Waals surface area contributed by atoms with E-state index in [0.29, 0.717) is 17.4 Å². The third kappa shape index (κ3) is 4.19. The van der Waals surface area contributed by atoms with Gasteiger partial charge in [-0.2, -0.15) is 0 Å². The van der Waals surface area contributed by atoms with Gasteiger partial charge in [0.25, 0.3) is 0 Å². The number of rotatable bonds is 3. The molecule has 3 nitrogen and oxygen atoms in total. The Bertz CT molecular complexity index is 795. The van der Waals surface area contributed by atoms with E-state index in [9.17, 15) is 4.79 Å². The number of fused-ring (bicyclic) bond motifs is 5. The van der Waals surface area contributed by atoms with Crippen LogP contribution >= 0.6 is 0 Å². The van der Waals surface area contributed by atoms with Crippen LogP contribution in [-0.4, -0.2) is 26.5 Å². The fourth-order valence-corrected chi connectivity index (χ4v) is 9.99. The van der Waals surface area contributed by atoms with Gasteiger partial charge in [-0.15, -0.1) is 0 Å². The third-order valence-electron chi connectivity index (χ3n) is 11.4. The molecule has 4 fully saturated rings. The first kappa shape index (κ1) is 25.5. The maximum absolute atomic E-state index is 11.8. The van der Waals surface area contributed by atoms with Gasteiger partial charge >= 0.3 is 5.97 Å². The molecule has 0 aliphatic heterocycles. The topological polar surface area (TPSA) is 35.5 Å². The van der Waals surface area contributed by atoms with Crippen LogP contribution in [-0.2, 0) is 14.0 Å². The highest BCUT2D eigenvalue weighted by Gasteiger charge is 2.61. The number of hydrogen-bond acceptors (Lipinski definition) is 3. The highest BCUT2D eigenvalue weighted by Crippen LogP contribution is 2.67. The van der Waals surface area contributed by atoms with E-state index in [1.165, 1.54) is 50.5 Å². The van der Waals surface area contributed by atoms with E-state index in [0.717, 1.165) is 24.2 Å². The molecule has 0 N–H and O–H groups in total. The maximum Gasteiger partial charge on any atom is 0.303 e. The van der Waals surface area contributed by atoms with Gasteiger partial charge in [0.1, 0.15) is 6.10 Å². The first-order valence-corrected chi connectivity index (χ1v) is 16.7. The van der Waals surface area contributed by atoms with Gasteiger partial charge in [0.15, 0.2) is 8.32 Å². The second kappa shape index (κ2) is 8.50. The average molecular weight is 475 g/mol. The lowest BCUT2D eigenvalue weighted by Crippen LogP contribution is -2.54. The summed E-state index contributed by atoms with van der Waals surface area (Å²) >= 11 is 0. The summed E-state index contributed by atoms with van der Waals surface area (Å²) in [5.74, 6) is 2.92. The molecular formula is C29H50O3Si. The average Bonchev–Trinajstić information content (AvgIpc) is 2.97. The highest BCUT2D eigenvalue weighted by molar-refractivity contribution is 6.74. The third-order valence-corrected chi connectivity index (χ3v) is 15.9. The van der Waals surface area contributed by atoms with Gasteiger partial charge < -0.3 is 9.16 Å². The van der Waals surface area contributed by atoms with E-state index in [1.54, 1.807) is 6.92 Å². The molecule has 0 radical (unpaired) electrons. The van der Waals surface area contributed by atoms with Gasteiger partial charge in [0.2, 0.25) is 0 Å². The van der Waals surface area contributed by atoms with Crippen molar-refractivity contribution in [2.45, 2.75) is 130 Å². The molecular weight excluding hydrogens is 424 g/mol. The van der Waals surface area contributed by atoms with Crippen LogP contribution in [0, 0.1) is 34.5 Å². The van der Waals surface area contributed by atoms with Crippen molar-refractivity contribution in [1.29, 1.82) is 0 Å². The van der Waals surface area contributed by atoms with E-state index in [4.69, 9.17) is 9.16 Å². The Balaban J connectivity index is 1.51. The van der Waals surface area contributed by atoms with Crippen LogP contribution < -0.4 is 0 Å². The molecule has 4 rings (SSSR count). The van der Waals surface area contributed by atoms with Gasteiger partial charge in [-0.25, -0.2) is 0 Å². The summed E-state index contributed by atoms with van der Waals surface area (Å²) < 4.78 is 12.8. The van der Waals surface area contributed by atoms with Crippen molar-refractivity contribution in [3.63, 3.8) is 0 Å². The highest BCUT2D eigenvalue weighted by atomic mass is 28.4. The summed E-state index contributed by atoms with van der Waals surface area (Å²) in [6.45, 7) is 20.7. The maximum atomic E-state index is 11.8. The number of hydrogen-bond donors (Lipinski definition) is 0. The normalized spacial score (nSPS) is 44.7. The van der Waals surface area contributed by atoms with Crippen LogP contribution in [0.5, 0.6) is 0 Å². The number of carbonyl (C=O) groups is 1. The Morgan fingerprint density at radius 2 is 1.73 bits per heavy atom. The minimum atomic E-state index is -1.72. The molecule has 0 bridgehead atoms. The van der Waals surface area contributed by atoms with Crippen molar-refractivity contribution >= 4 is 14.3 Å². The van der Waals surface area contributed by atoms with Gasteiger partial charge in [-0.05, 0) is 116 Å². The quantitative estimate of drug-likeness (QED) is 0.237. The summed E-state index contributed by atoms with van der Waals surface area (Å²) in [7, 11) is -1.72. The molecule has 4 heteroatoms. The molecule has 0 spiro atoms. The van der Waals surface area contributed by atoms with Crippen molar-refractivity contribution in [1.82, 2.24) is 0 Å². The Morgan fingerprint density at radius 3 is 2.33 bits per heavy atom. The van der Waals surface area contributed by atoms with Crippen molar-refractivity contribution in [2.24, 2.45) is 34.5 Å². The standard InChI is InChI=1S/C29H50O3Si/c1-10-23-26(31-19(2)30)18-25-22-12-11-20-17-21(32-33(8,9)27(3,4)5)13-15-28(20,6)24(22)14-16-29(23,25)7/h10,20-22,24-26H,11-18H2,1-9H3/b23-10-/t20-,21-,22+,24-,25-,26-,28-,29+/m0/s1.